The SMILES string of the molecule is CC(C)c1cc(C(=O)OCC(=O)c2cccc(F)c2)c2cnn(C(C)C)c2n1. The minimum atomic E-state index is -0.637. The molecule has 3 rings (SSSR count). The van der Waals surface area contributed by atoms with Crippen LogP contribution in [0, 0.1) is 5.82 Å². The lowest BCUT2D eigenvalue weighted by molar-refractivity contribution is 0.0476. The highest BCUT2D eigenvalue weighted by molar-refractivity contribution is 6.04. The number of aromatic nitrogens is 3. The van der Waals surface area contributed by atoms with E-state index < -0.39 is 24.2 Å². The van der Waals surface area contributed by atoms with E-state index in [-0.39, 0.29) is 17.5 Å². The van der Waals surface area contributed by atoms with Gasteiger partial charge in [-0.25, -0.2) is 18.9 Å². The van der Waals surface area contributed by atoms with Gasteiger partial charge in [0.25, 0.3) is 0 Å². The predicted octanol–water partition coefficient (Wildman–Crippen LogP) is 4.31. The molecule has 6 nitrogen and oxygen atoms in total. The van der Waals surface area contributed by atoms with E-state index >= 15 is 0 Å². The Hall–Kier alpha value is -3.09. The predicted molar refractivity (Wildman–Crippen MR) is 103 cm³/mol. The minimum absolute atomic E-state index is 0.0748. The third kappa shape index (κ3) is 3.93. The van der Waals surface area contributed by atoms with Crippen molar-refractivity contribution in [3.05, 3.63) is 59.2 Å². The second kappa shape index (κ2) is 7.88. The molecule has 0 saturated carbocycles. The third-order valence-corrected chi connectivity index (χ3v) is 4.37. The van der Waals surface area contributed by atoms with Gasteiger partial charge < -0.3 is 4.74 Å². The van der Waals surface area contributed by atoms with E-state index in [1.54, 1.807) is 16.9 Å². The van der Waals surface area contributed by atoms with Gasteiger partial charge in [-0.15, -0.1) is 0 Å². The molecule has 0 amide bonds. The second-order valence-electron chi connectivity index (χ2n) is 7.18. The molecule has 0 aliphatic heterocycles. The topological polar surface area (TPSA) is 74.1 Å². The summed E-state index contributed by atoms with van der Waals surface area (Å²) in [6.45, 7) is 7.44. The largest absolute Gasteiger partial charge is 0.454 e. The monoisotopic (exact) mass is 383 g/mol. The fourth-order valence-corrected chi connectivity index (χ4v) is 2.83. The summed E-state index contributed by atoms with van der Waals surface area (Å²) in [5, 5.41) is 4.90. The van der Waals surface area contributed by atoms with Crippen molar-refractivity contribution in [1.82, 2.24) is 14.8 Å². The molecule has 0 unspecified atom stereocenters. The van der Waals surface area contributed by atoms with Crippen molar-refractivity contribution in [2.24, 2.45) is 0 Å². The molecule has 0 bridgehead atoms. The normalized spacial score (nSPS) is 11.4. The van der Waals surface area contributed by atoms with Gasteiger partial charge in [0.1, 0.15) is 5.82 Å². The zero-order valence-corrected chi connectivity index (χ0v) is 16.3. The molecule has 1 aromatic carbocycles. The van der Waals surface area contributed by atoms with Crippen molar-refractivity contribution < 1.29 is 18.7 Å². The number of hydrogen-bond donors (Lipinski definition) is 0. The molecule has 0 fully saturated rings. The van der Waals surface area contributed by atoms with Crippen LogP contribution in [0.25, 0.3) is 11.0 Å². The quantitative estimate of drug-likeness (QED) is 0.468. The molecular formula is C21H22FN3O3. The molecule has 0 saturated heterocycles. The van der Waals surface area contributed by atoms with Crippen LogP contribution in [0.1, 0.15) is 66.1 Å². The molecule has 2 heterocycles. The minimum Gasteiger partial charge on any atom is -0.454 e. The number of ketones is 1. The molecule has 0 aliphatic carbocycles. The van der Waals surface area contributed by atoms with Gasteiger partial charge in [0.15, 0.2) is 18.0 Å². The number of ether oxygens (including phenoxy) is 1. The lowest BCUT2D eigenvalue weighted by atomic mass is 10.1. The number of carbonyl (C=O) groups is 2. The van der Waals surface area contributed by atoms with E-state index in [0.29, 0.717) is 16.6 Å². The maximum Gasteiger partial charge on any atom is 0.339 e. The van der Waals surface area contributed by atoms with E-state index in [1.807, 2.05) is 27.7 Å². The van der Waals surface area contributed by atoms with E-state index in [9.17, 15) is 14.0 Å². The Morgan fingerprint density at radius 3 is 2.57 bits per heavy atom. The molecule has 0 spiro atoms. The average molecular weight is 383 g/mol. The summed E-state index contributed by atoms with van der Waals surface area (Å²) in [7, 11) is 0. The van der Waals surface area contributed by atoms with Crippen LogP contribution in [0.3, 0.4) is 0 Å². The number of Topliss-reactive ketones (excluding diaryl/α,β-unsaturated/α-hetero) is 1. The van der Waals surface area contributed by atoms with E-state index in [1.165, 1.54) is 18.2 Å². The second-order valence-corrected chi connectivity index (χ2v) is 7.18. The summed E-state index contributed by atoms with van der Waals surface area (Å²) >= 11 is 0. The van der Waals surface area contributed by atoms with Crippen LogP contribution in [-0.2, 0) is 4.74 Å². The van der Waals surface area contributed by atoms with Gasteiger partial charge in [-0.2, -0.15) is 5.10 Å². The van der Waals surface area contributed by atoms with Gasteiger partial charge in [0.2, 0.25) is 0 Å². The van der Waals surface area contributed by atoms with Crippen molar-refractivity contribution >= 4 is 22.8 Å². The van der Waals surface area contributed by atoms with Gasteiger partial charge in [0.05, 0.1) is 17.1 Å². The number of nitrogens with zero attached hydrogens (tertiary/aromatic N) is 3. The van der Waals surface area contributed by atoms with Crippen LogP contribution in [0.5, 0.6) is 0 Å². The first-order valence-corrected chi connectivity index (χ1v) is 9.12. The Morgan fingerprint density at radius 2 is 1.93 bits per heavy atom. The first-order chi connectivity index (χ1) is 13.3. The molecule has 7 heteroatoms. The van der Waals surface area contributed by atoms with Gasteiger partial charge >= 0.3 is 5.97 Å². The summed E-state index contributed by atoms with van der Waals surface area (Å²) in [4.78, 5) is 29.5. The number of hydrogen-bond acceptors (Lipinski definition) is 5. The smallest absolute Gasteiger partial charge is 0.339 e. The molecule has 2 aromatic heterocycles. The van der Waals surface area contributed by atoms with Crippen molar-refractivity contribution in [3.63, 3.8) is 0 Å². The van der Waals surface area contributed by atoms with E-state index in [0.717, 1.165) is 11.8 Å². The Kier molecular flexibility index (Phi) is 5.53. The highest BCUT2D eigenvalue weighted by Gasteiger charge is 2.21. The first kappa shape index (κ1) is 19.7. The summed E-state index contributed by atoms with van der Waals surface area (Å²) in [5.41, 5.74) is 1.80. The highest BCUT2D eigenvalue weighted by Crippen LogP contribution is 2.25. The number of benzene rings is 1. The molecule has 0 atom stereocenters. The number of carbonyl (C=O) groups excluding carboxylic acids is 2. The zero-order valence-electron chi connectivity index (χ0n) is 16.3. The molecular weight excluding hydrogens is 361 g/mol. The molecule has 3 aromatic rings. The van der Waals surface area contributed by atoms with Crippen LogP contribution in [0.4, 0.5) is 4.39 Å². The molecule has 0 radical (unpaired) electrons. The Labute approximate surface area is 162 Å². The summed E-state index contributed by atoms with van der Waals surface area (Å²) in [6.07, 6.45) is 1.58. The van der Waals surface area contributed by atoms with Crippen LogP contribution >= 0.6 is 0 Å². The van der Waals surface area contributed by atoms with Gasteiger partial charge in [-0.1, -0.05) is 26.0 Å². The van der Waals surface area contributed by atoms with E-state index in [4.69, 9.17) is 4.74 Å². The lowest BCUT2D eigenvalue weighted by Gasteiger charge is -2.12. The standard InChI is InChI=1S/C21H22FN3O3/c1-12(2)18-9-16(17-10-23-25(13(3)4)20(17)24-18)21(27)28-11-19(26)14-6-5-7-15(22)8-14/h5-10,12-13H,11H2,1-4H3. The van der Waals surface area contributed by atoms with Gasteiger partial charge in [0, 0.05) is 17.3 Å². The number of fused-ring (bicyclic) bond motifs is 1. The Morgan fingerprint density at radius 1 is 1.18 bits per heavy atom. The number of esters is 1. The maximum atomic E-state index is 13.3. The van der Waals surface area contributed by atoms with Gasteiger partial charge in [-0.05, 0) is 38.0 Å². The fraction of sp³-hybridized carbons (Fsp3) is 0.333. The fourth-order valence-electron chi connectivity index (χ4n) is 2.83. The van der Waals surface area contributed by atoms with Gasteiger partial charge in [-0.3, -0.25) is 4.79 Å². The average Bonchev–Trinajstić information content (AvgIpc) is 3.09. The molecule has 0 N–H and O–H groups in total. The summed E-state index contributed by atoms with van der Waals surface area (Å²) < 4.78 is 20.2. The Balaban J connectivity index is 1.89. The summed E-state index contributed by atoms with van der Waals surface area (Å²) in [6, 6.07) is 7.03. The Bertz CT molecular complexity index is 1040. The van der Waals surface area contributed by atoms with Crippen molar-refractivity contribution in [2.45, 2.75) is 39.7 Å². The molecule has 0 aliphatic rings. The molecule has 146 valence electrons. The zero-order chi connectivity index (χ0) is 20.4. The van der Waals surface area contributed by atoms with Crippen molar-refractivity contribution in [2.75, 3.05) is 6.61 Å². The first-order valence-electron chi connectivity index (χ1n) is 9.12. The molecule has 28 heavy (non-hydrogen) atoms. The van der Waals surface area contributed by atoms with Crippen molar-refractivity contribution in [3.8, 4) is 0 Å². The van der Waals surface area contributed by atoms with Crippen LogP contribution in [-0.4, -0.2) is 33.1 Å². The van der Waals surface area contributed by atoms with Crippen LogP contribution in [0.15, 0.2) is 36.5 Å². The lowest BCUT2D eigenvalue weighted by Crippen LogP contribution is -2.15. The third-order valence-electron chi connectivity index (χ3n) is 4.37. The highest BCUT2D eigenvalue weighted by atomic mass is 19.1. The number of pyridine rings is 1. The van der Waals surface area contributed by atoms with Crippen LogP contribution < -0.4 is 0 Å². The number of halogens is 1. The van der Waals surface area contributed by atoms with Crippen LogP contribution in [0.2, 0.25) is 0 Å². The van der Waals surface area contributed by atoms with E-state index in [2.05, 4.69) is 10.1 Å². The maximum absolute atomic E-state index is 13.3. The summed E-state index contributed by atoms with van der Waals surface area (Å²) in [5.74, 6) is -1.53. The number of rotatable bonds is 6. The van der Waals surface area contributed by atoms with Crippen molar-refractivity contribution in [1.29, 1.82) is 0 Å².